The summed E-state index contributed by atoms with van der Waals surface area (Å²) in [5, 5.41) is 58.3. The number of unbranched alkanes of at least 4 members (excludes halogenated alkanes) is 2. The maximum atomic E-state index is 15.8. The second-order valence-electron chi connectivity index (χ2n) is 34.8. The first-order valence-electron chi connectivity index (χ1n) is 45.4. The van der Waals surface area contributed by atoms with E-state index in [-0.39, 0.29) is 73.8 Å². The van der Waals surface area contributed by atoms with E-state index in [0.717, 1.165) is 51.7 Å². The van der Waals surface area contributed by atoms with Crippen molar-refractivity contribution in [3.63, 3.8) is 0 Å². The monoisotopic (exact) mass is 1950 g/mol. The maximum absolute atomic E-state index is 15.8. The molecule has 0 spiro atoms. The average Bonchev–Trinajstić information content (AvgIpc) is 1.48. The van der Waals surface area contributed by atoms with Gasteiger partial charge in [0.25, 0.3) is 0 Å². The van der Waals surface area contributed by atoms with Crippen LogP contribution in [0.5, 0.6) is 5.75 Å². The lowest BCUT2D eigenvalue weighted by Crippen LogP contribution is -2.61. The normalized spacial score (nSPS) is 23.7. The number of fused-ring (bicyclic) bond motifs is 3. The molecule has 5 heterocycles. The molecule has 8 rings (SSSR count). The van der Waals surface area contributed by atoms with E-state index < -0.39 is 273 Å². The molecule has 0 radical (unpaired) electrons. The van der Waals surface area contributed by atoms with Gasteiger partial charge < -0.3 is 125 Å². The Morgan fingerprint density at radius 1 is 0.572 bits per heavy atom. The van der Waals surface area contributed by atoms with E-state index in [1.165, 1.54) is 44.6 Å². The van der Waals surface area contributed by atoms with Gasteiger partial charge in [-0.25, -0.2) is 4.98 Å². The van der Waals surface area contributed by atoms with Crippen molar-refractivity contribution < 1.29 is 115 Å². The van der Waals surface area contributed by atoms with Crippen LogP contribution in [0.15, 0.2) is 97.7 Å². The van der Waals surface area contributed by atoms with E-state index in [0.29, 0.717) is 64.2 Å². The van der Waals surface area contributed by atoms with Gasteiger partial charge in [0, 0.05) is 125 Å². The number of nitrogens with one attached hydrogen (secondary N) is 13. The lowest BCUT2D eigenvalue weighted by Gasteiger charge is -2.36. The van der Waals surface area contributed by atoms with E-state index >= 15 is 33.6 Å². The minimum atomic E-state index is -5.08. The van der Waals surface area contributed by atoms with Crippen LogP contribution in [0, 0.1) is 5.92 Å². The highest BCUT2D eigenvalue weighted by atomic mass is 32.2. The topological polar surface area (TPSA) is 643 Å². The number of halogens is 3. The first kappa shape index (κ1) is 110. The molecule has 2 saturated heterocycles. The number of aromatic hydroxyl groups is 1. The summed E-state index contributed by atoms with van der Waals surface area (Å²) in [5.41, 5.74) is 19.8. The Labute approximate surface area is 797 Å². The van der Waals surface area contributed by atoms with Crippen molar-refractivity contribution in [3.8, 4) is 5.75 Å². The Morgan fingerprint density at radius 3 is 1.69 bits per heavy atom. The van der Waals surface area contributed by atoms with Crippen molar-refractivity contribution in [2.24, 2.45) is 23.1 Å². The zero-order valence-corrected chi connectivity index (χ0v) is 78.8. The number of carbonyl (C=O) groups excluding carboxylic acids is 17. The highest BCUT2D eigenvalue weighted by molar-refractivity contribution is 8.00. The maximum Gasteiger partial charge on any atom is 0.390 e. The minimum Gasteiger partial charge on any atom is -0.508 e. The van der Waals surface area contributed by atoms with Crippen molar-refractivity contribution in [2.45, 2.75) is 235 Å². The number of para-hydroxylation sites is 2. The molecule has 22 N–H and O–H groups in total. The fraction of sp³-hybridized carbons (Fsp3) is 0.527. The number of likely N-dealkylation sites (N-methyl/N-ethyl adjacent to an activating group) is 3. The van der Waals surface area contributed by atoms with Crippen LogP contribution in [-0.2, 0) is 112 Å². The number of hydrogen-bond acceptors (Lipinski definition) is 23. The number of phenolic OH excluding ortho intramolecular Hbond substituents is 1. The molecule has 0 bridgehead atoms. The van der Waals surface area contributed by atoms with Gasteiger partial charge in [-0.3, -0.25) is 86.3 Å². The fourth-order valence-corrected chi connectivity index (χ4v) is 17.0. The first-order valence-corrected chi connectivity index (χ1v) is 46.6. The number of thioether (sulfide) groups is 1. The van der Waals surface area contributed by atoms with Crippen molar-refractivity contribution in [3.05, 3.63) is 120 Å². The van der Waals surface area contributed by atoms with Crippen LogP contribution >= 0.6 is 11.8 Å². The number of benzene rings is 3. The summed E-state index contributed by atoms with van der Waals surface area (Å²) in [4.78, 5) is 279. The summed E-state index contributed by atoms with van der Waals surface area (Å²) >= 11 is 0.723. The standard InChI is InChI=1S/C91H125F3N22O21S/c1-9-11-21-70-84(131)107-63(33-49(3)4)81(128)111-69(79(126)101-43-74(97)120)46-138-47-76(122)104-66(34-51-23-25-55(117)26-24-51)86(133)112(6)50(5)78(125)109-68(39-73(96)119)88(135)115(32-30-91(92,93)94)45-75(121)103-65(37-54-42-98-48-102-54)83(130)106-62(27-28-77(123)124)89(136)116-44-56(118)38-72(116)85(132)108-64(35-52-40-99-59-19-15-13-17-57(52)59)82(129)105-61(29-31-95)80(127)110-67(36-53-41-100-60-20-16-14-18-58(53)60)87(134)114(8)71(22-12-10-2)90(137)113(70)7/h13-20,23-26,40-42,48-50,56,61-72,99-100,117-118H,9-12,21-22,27-39,43-47,95H2,1-8H3,(H2,96,119)(H2,97,120)(H,98,102)(H,101,126)(H,103,121)(H,104,122)(H,105,129)(H,106,130)(H,107,131)(H,108,132)(H,109,125)(H,110,127)(H,111,128)(H,123,124)/t50-,56+,61-,62-,63-,64-,65-,66-,67-,68-,69-,70-,71-,72-/m0/s1. The van der Waals surface area contributed by atoms with Crippen molar-refractivity contribution in [1.82, 2.24) is 97.6 Å². The molecule has 47 heteroatoms. The van der Waals surface area contributed by atoms with Gasteiger partial charge in [0.2, 0.25) is 100 Å². The molecule has 6 aromatic rings. The Morgan fingerprint density at radius 2 is 1.11 bits per heavy atom. The molecule has 2 aliphatic heterocycles. The number of primary amides is 2. The number of phenols is 1. The molecule has 17 amide bonds. The molecular formula is C91H125F3N22O21S. The van der Waals surface area contributed by atoms with E-state index in [1.54, 1.807) is 74.8 Å². The van der Waals surface area contributed by atoms with Gasteiger partial charge >= 0.3 is 12.1 Å². The number of aromatic amines is 3. The molecule has 43 nitrogen and oxygen atoms in total. The van der Waals surface area contributed by atoms with Crippen LogP contribution in [0.1, 0.15) is 140 Å². The van der Waals surface area contributed by atoms with Crippen LogP contribution < -0.4 is 70.4 Å². The molecule has 3 aromatic carbocycles. The van der Waals surface area contributed by atoms with Gasteiger partial charge in [0.05, 0.1) is 44.1 Å². The first-order chi connectivity index (χ1) is 65.4. The molecule has 138 heavy (non-hydrogen) atoms. The number of carboxylic acids is 1. The zero-order chi connectivity index (χ0) is 102. The number of carboxylic acid groups (broad SMARTS) is 1. The van der Waals surface area contributed by atoms with Crippen LogP contribution in [0.25, 0.3) is 21.8 Å². The summed E-state index contributed by atoms with van der Waals surface area (Å²) in [6, 6.07) is -2.79. The largest absolute Gasteiger partial charge is 0.508 e. The summed E-state index contributed by atoms with van der Waals surface area (Å²) in [5.74, 6) is -21.7. The number of imidazole rings is 1. The predicted octanol–water partition coefficient (Wildman–Crippen LogP) is -1.18. The molecule has 2 fully saturated rings. The van der Waals surface area contributed by atoms with Gasteiger partial charge in [0.15, 0.2) is 0 Å². The third kappa shape index (κ3) is 32.2. The van der Waals surface area contributed by atoms with Gasteiger partial charge in [-0.1, -0.05) is 102 Å². The number of nitrogens with two attached hydrogens (primary N) is 3. The Kier molecular flexibility index (Phi) is 41.3. The molecule has 0 unspecified atom stereocenters. The number of aliphatic hydroxyl groups is 1. The summed E-state index contributed by atoms with van der Waals surface area (Å²) in [6.45, 7) is 3.78. The number of aliphatic hydroxyl groups excluding tert-OH is 1. The van der Waals surface area contributed by atoms with Crippen molar-refractivity contribution in [2.75, 3.05) is 65.4 Å². The van der Waals surface area contributed by atoms with Gasteiger partial charge in [-0.05, 0) is 92.4 Å². The molecular weight excluding hydrogens is 1830 g/mol. The quantitative estimate of drug-likeness (QED) is 0.0275. The van der Waals surface area contributed by atoms with Gasteiger partial charge in [0.1, 0.15) is 84.3 Å². The fourth-order valence-electron chi connectivity index (χ4n) is 16.2. The minimum absolute atomic E-state index is 0.00180. The molecule has 14 atom stereocenters. The lowest BCUT2D eigenvalue weighted by molar-refractivity contribution is -0.151. The average molecular weight is 1950 g/mol. The Balaban J connectivity index is 1.22. The molecule has 3 aromatic heterocycles. The van der Waals surface area contributed by atoms with Crippen molar-refractivity contribution >= 4 is 140 Å². The molecule has 752 valence electrons. The lowest BCUT2D eigenvalue weighted by atomic mass is 9.99. The summed E-state index contributed by atoms with van der Waals surface area (Å²) < 4.78 is 43.0. The van der Waals surface area contributed by atoms with Crippen molar-refractivity contribution in [1.29, 1.82) is 0 Å². The van der Waals surface area contributed by atoms with Crippen LogP contribution in [0.3, 0.4) is 0 Å². The Hall–Kier alpha value is -13.7. The second-order valence-corrected chi connectivity index (χ2v) is 35.8. The highest BCUT2D eigenvalue weighted by Crippen LogP contribution is 2.28. The predicted molar refractivity (Wildman–Crippen MR) is 497 cm³/mol. The number of carbonyl (C=O) groups is 18. The van der Waals surface area contributed by atoms with Gasteiger partial charge in [-0.2, -0.15) is 13.2 Å². The van der Waals surface area contributed by atoms with E-state index in [9.17, 15) is 81.2 Å². The molecule has 2 aliphatic rings. The number of alkyl halides is 3. The number of H-pyrrole nitrogens is 3. The SMILES string of the molecule is CCCC[C@H]1C(=O)N(C)[C@@H](CCCC)C(=O)N[C@@H](CC(C)C)C(=O)N[C@H](C(=O)NCC(N)=O)CSCC(=O)N[C@@H](Cc2ccc(O)cc2)C(=O)N(C)[C@@H](C)C(=O)N[C@@H](CC(N)=O)C(=O)N(CCC(F)(F)F)CC(=O)N[C@@H](Cc2cnc[nH]2)C(=O)N[C@@H](CCC(=O)O)C(=O)N2C[C@H](O)C[C@H]2C(=O)N[C@@H](Cc2c[nH]c3ccccc23)C(=O)N[C@@H](CCN)C(=O)N[C@@H](Cc2c[nH]c3ccccc23)C(=O)N1C. The smallest absolute Gasteiger partial charge is 0.390 e. The van der Waals surface area contributed by atoms with Crippen LogP contribution in [0.4, 0.5) is 13.2 Å². The summed E-state index contributed by atoms with van der Waals surface area (Å²) in [7, 11) is 3.79. The van der Waals surface area contributed by atoms with Gasteiger partial charge in [-0.15, -0.1) is 11.8 Å². The number of aromatic nitrogens is 4. The molecule has 0 saturated carbocycles. The summed E-state index contributed by atoms with van der Waals surface area (Å²) in [6.07, 6.45) is -6.64. The third-order valence-corrected chi connectivity index (χ3v) is 24.8. The zero-order valence-electron chi connectivity index (χ0n) is 78.0. The number of rotatable bonds is 28. The highest BCUT2D eigenvalue weighted by Gasteiger charge is 2.46. The number of aliphatic carboxylic acids is 1. The number of hydrogen-bond donors (Lipinski definition) is 19. The van der Waals surface area contributed by atoms with E-state index in [1.807, 2.05) is 13.8 Å². The third-order valence-electron chi connectivity index (χ3n) is 23.7. The molecule has 0 aliphatic carbocycles. The number of nitrogens with zero attached hydrogens (tertiary/aromatic N) is 6. The van der Waals surface area contributed by atoms with Crippen LogP contribution in [0.2, 0.25) is 0 Å². The number of amides is 17. The van der Waals surface area contributed by atoms with Crippen LogP contribution in [-0.4, -0.2) is 322 Å². The second kappa shape index (κ2) is 52.0. The Bertz CT molecular complexity index is 5290. The van der Waals surface area contributed by atoms with E-state index in [2.05, 4.69) is 73.1 Å². The van der Waals surface area contributed by atoms with E-state index in [4.69, 9.17) is 17.2 Å².